The van der Waals surface area contributed by atoms with Crippen LogP contribution in [-0.2, 0) is 6.54 Å². The van der Waals surface area contributed by atoms with E-state index >= 15 is 0 Å². The molecular weight excluding hydrogens is 260 g/mol. The van der Waals surface area contributed by atoms with Gasteiger partial charge in [0.05, 0.1) is 6.10 Å². The van der Waals surface area contributed by atoms with E-state index in [0.717, 1.165) is 25.4 Å². The normalized spacial score (nSPS) is 22.2. The van der Waals surface area contributed by atoms with Crippen LogP contribution in [0.3, 0.4) is 0 Å². The van der Waals surface area contributed by atoms with Crippen molar-refractivity contribution in [2.45, 2.75) is 58.7 Å². The molecule has 0 amide bonds. The summed E-state index contributed by atoms with van der Waals surface area (Å²) in [6, 6.07) is 9.15. The van der Waals surface area contributed by atoms with Crippen LogP contribution in [0.4, 0.5) is 0 Å². The van der Waals surface area contributed by atoms with Crippen molar-refractivity contribution in [3.8, 4) is 5.75 Å². The molecular formula is C18H30N2O. The Kier molecular flexibility index (Phi) is 6.07. The molecule has 0 bridgehead atoms. The number of nitrogens with zero attached hydrogens (tertiary/aromatic N) is 1. The molecule has 1 saturated carbocycles. The van der Waals surface area contributed by atoms with Crippen molar-refractivity contribution >= 4 is 0 Å². The van der Waals surface area contributed by atoms with E-state index in [9.17, 15) is 0 Å². The molecule has 0 radical (unpaired) electrons. The number of ether oxygens (including phenoxy) is 1. The van der Waals surface area contributed by atoms with E-state index in [-0.39, 0.29) is 6.10 Å². The van der Waals surface area contributed by atoms with Gasteiger partial charge in [-0.1, -0.05) is 25.5 Å². The van der Waals surface area contributed by atoms with Gasteiger partial charge in [0.25, 0.3) is 0 Å². The van der Waals surface area contributed by atoms with Gasteiger partial charge in [-0.25, -0.2) is 0 Å². The predicted octanol–water partition coefficient (Wildman–Crippen LogP) is 3.42. The van der Waals surface area contributed by atoms with Gasteiger partial charge in [0, 0.05) is 12.6 Å². The lowest BCUT2D eigenvalue weighted by Crippen LogP contribution is -2.39. The van der Waals surface area contributed by atoms with Crippen molar-refractivity contribution in [1.29, 1.82) is 0 Å². The summed E-state index contributed by atoms with van der Waals surface area (Å²) in [6.45, 7) is 9.27. The Hall–Kier alpha value is -1.06. The fourth-order valence-corrected chi connectivity index (χ4v) is 3.46. The topological polar surface area (TPSA) is 38.5 Å². The van der Waals surface area contributed by atoms with Crippen LogP contribution in [0.5, 0.6) is 5.75 Å². The van der Waals surface area contributed by atoms with Crippen molar-refractivity contribution in [1.82, 2.24) is 4.90 Å². The second kappa shape index (κ2) is 7.81. The van der Waals surface area contributed by atoms with Crippen molar-refractivity contribution < 1.29 is 4.74 Å². The quantitative estimate of drug-likeness (QED) is 0.836. The first-order chi connectivity index (χ1) is 10.1. The highest BCUT2D eigenvalue weighted by Crippen LogP contribution is 2.30. The van der Waals surface area contributed by atoms with Crippen LogP contribution < -0.4 is 10.5 Å². The minimum absolute atomic E-state index is 0.221. The van der Waals surface area contributed by atoms with Crippen molar-refractivity contribution in [3.63, 3.8) is 0 Å². The third kappa shape index (κ3) is 4.45. The molecule has 1 aromatic rings. The van der Waals surface area contributed by atoms with Gasteiger partial charge in [-0.05, 0) is 63.4 Å². The Labute approximate surface area is 129 Å². The van der Waals surface area contributed by atoms with E-state index in [1.807, 2.05) is 6.07 Å². The summed E-state index contributed by atoms with van der Waals surface area (Å²) in [5, 5.41) is 0. The van der Waals surface area contributed by atoms with Crippen LogP contribution in [-0.4, -0.2) is 30.1 Å². The first-order valence-electron chi connectivity index (χ1n) is 8.33. The minimum atomic E-state index is 0.221. The van der Waals surface area contributed by atoms with E-state index in [0.29, 0.717) is 12.0 Å². The van der Waals surface area contributed by atoms with E-state index in [1.54, 1.807) is 0 Å². The van der Waals surface area contributed by atoms with Crippen molar-refractivity contribution in [2.24, 2.45) is 11.7 Å². The number of rotatable bonds is 7. The summed E-state index contributed by atoms with van der Waals surface area (Å²) < 4.78 is 5.80. The zero-order chi connectivity index (χ0) is 15.2. The van der Waals surface area contributed by atoms with Crippen LogP contribution in [0.2, 0.25) is 0 Å². The van der Waals surface area contributed by atoms with Gasteiger partial charge in [0.1, 0.15) is 5.75 Å². The molecule has 2 rings (SSSR count). The lowest BCUT2D eigenvalue weighted by Gasteiger charge is -2.32. The van der Waals surface area contributed by atoms with Gasteiger partial charge in [-0.2, -0.15) is 0 Å². The molecule has 0 aromatic heterocycles. The van der Waals surface area contributed by atoms with Crippen LogP contribution >= 0.6 is 0 Å². The van der Waals surface area contributed by atoms with Crippen LogP contribution in [0.25, 0.3) is 0 Å². The van der Waals surface area contributed by atoms with Gasteiger partial charge >= 0.3 is 0 Å². The average molecular weight is 290 g/mol. The number of nitrogens with two attached hydrogens (primary N) is 1. The average Bonchev–Trinajstić information content (AvgIpc) is 2.92. The predicted molar refractivity (Wildman–Crippen MR) is 88.5 cm³/mol. The lowest BCUT2D eigenvalue weighted by molar-refractivity contribution is 0.162. The first-order valence-corrected chi connectivity index (χ1v) is 8.33. The fourth-order valence-electron chi connectivity index (χ4n) is 3.46. The molecule has 1 aliphatic rings. The van der Waals surface area contributed by atoms with E-state index in [4.69, 9.17) is 10.5 Å². The highest BCUT2D eigenvalue weighted by atomic mass is 16.5. The van der Waals surface area contributed by atoms with Crippen LogP contribution in [0.1, 0.15) is 45.6 Å². The third-order valence-corrected chi connectivity index (χ3v) is 4.45. The Morgan fingerprint density at radius 3 is 2.81 bits per heavy atom. The van der Waals surface area contributed by atoms with Gasteiger partial charge in [0.15, 0.2) is 0 Å². The smallest absolute Gasteiger partial charge is 0.120 e. The summed E-state index contributed by atoms with van der Waals surface area (Å²) in [5.41, 5.74) is 7.27. The van der Waals surface area contributed by atoms with Gasteiger partial charge in [-0.3, -0.25) is 4.90 Å². The second-order valence-electron chi connectivity index (χ2n) is 6.37. The third-order valence-electron chi connectivity index (χ3n) is 4.45. The molecule has 3 heteroatoms. The Bertz CT molecular complexity index is 433. The van der Waals surface area contributed by atoms with Crippen molar-refractivity contribution in [2.75, 3.05) is 13.1 Å². The SMILES string of the molecule is CCN(Cc1cccc(OC(C)C)c1)C1CCCC1CN. The monoisotopic (exact) mass is 290 g/mol. The molecule has 0 spiro atoms. The van der Waals surface area contributed by atoms with Gasteiger partial charge in [0.2, 0.25) is 0 Å². The van der Waals surface area contributed by atoms with Crippen LogP contribution in [0, 0.1) is 5.92 Å². The van der Waals surface area contributed by atoms with Crippen molar-refractivity contribution in [3.05, 3.63) is 29.8 Å². The molecule has 2 unspecified atom stereocenters. The Balaban J connectivity index is 2.04. The second-order valence-corrected chi connectivity index (χ2v) is 6.37. The molecule has 1 aromatic carbocycles. The summed E-state index contributed by atoms with van der Waals surface area (Å²) in [5.74, 6) is 1.64. The zero-order valence-electron chi connectivity index (χ0n) is 13.7. The Morgan fingerprint density at radius 2 is 2.14 bits per heavy atom. The zero-order valence-corrected chi connectivity index (χ0v) is 13.7. The summed E-state index contributed by atoms with van der Waals surface area (Å²) >= 11 is 0. The molecule has 2 N–H and O–H groups in total. The number of hydrogen-bond acceptors (Lipinski definition) is 3. The van der Waals surface area contributed by atoms with E-state index in [1.165, 1.54) is 24.8 Å². The van der Waals surface area contributed by atoms with E-state index < -0.39 is 0 Å². The largest absolute Gasteiger partial charge is 0.491 e. The molecule has 0 heterocycles. The summed E-state index contributed by atoms with van der Waals surface area (Å²) in [7, 11) is 0. The molecule has 21 heavy (non-hydrogen) atoms. The lowest BCUT2D eigenvalue weighted by atomic mass is 10.0. The molecule has 0 aliphatic heterocycles. The van der Waals surface area contributed by atoms with E-state index in [2.05, 4.69) is 43.9 Å². The van der Waals surface area contributed by atoms with Gasteiger partial charge < -0.3 is 10.5 Å². The molecule has 1 aliphatic carbocycles. The molecule has 1 fully saturated rings. The highest BCUT2D eigenvalue weighted by molar-refractivity contribution is 5.28. The first kappa shape index (κ1) is 16.3. The molecule has 118 valence electrons. The van der Waals surface area contributed by atoms with Crippen LogP contribution in [0.15, 0.2) is 24.3 Å². The Morgan fingerprint density at radius 1 is 1.33 bits per heavy atom. The molecule has 3 nitrogen and oxygen atoms in total. The van der Waals surface area contributed by atoms with Gasteiger partial charge in [-0.15, -0.1) is 0 Å². The minimum Gasteiger partial charge on any atom is -0.491 e. The number of benzene rings is 1. The summed E-state index contributed by atoms with van der Waals surface area (Å²) in [4.78, 5) is 2.58. The summed E-state index contributed by atoms with van der Waals surface area (Å²) in [6.07, 6.45) is 4.12. The molecule has 2 atom stereocenters. The molecule has 0 saturated heterocycles. The maximum Gasteiger partial charge on any atom is 0.120 e. The highest BCUT2D eigenvalue weighted by Gasteiger charge is 2.30. The standard InChI is InChI=1S/C18H30N2O/c1-4-20(18-10-6-8-16(18)12-19)13-15-7-5-9-17(11-15)21-14(2)3/h5,7,9,11,14,16,18H,4,6,8,10,12-13,19H2,1-3H3. The maximum absolute atomic E-state index is 5.94. The number of hydrogen-bond donors (Lipinski definition) is 1. The fraction of sp³-hybridized carbons (Fsp3) is 0.667. The maximum atomic E-state index is 5.94.